The van der Waals surface area contributed by atoms with Gasteiger partial charge in [-0.05, 0) is 57.1 Å². The minimum absolute atomic E-state index is 0.286. The Bertz CT molecular complexity index is 1390. The van der Waals surface area contributed by atoms with Gasteiger partial charge in [0.25, 0.3) is 0 Å². The molecule has 12 nitrogen and oxygen atoms in total. The molecule has 4 aromatic rings. The first-order valence-corrected chi connectivity index (χ1v) is 12.5. The number of urea groups is 1. The van der Waals surface area contributed by atoms with Crippen molar-refractivity contribution in [1.29, 1.82) is 0 Å². The molecule has 0 radical (unpaired) electrons. The number of aromatic nitrogens is 5. The SMILES string of the molecule is Cc1cc(NC(=O)Nc2ccc(-c3nc(N4CCOCC4)c4cnn(C5CCNCC5)c4n3)cc2)on1. The van der Waals surface area contributed by atoms with Crippen molar-refractivity contribution in [2.24, 2.45) is 0 Å². The normalized spacial score (nSPS) is 16.7. The molecule has 1 aromatic carbocycles. The van der Waals surface area contributed by atoms with Crippen LogP contribution in [-0.2, 0) is 4.74 Å². The highest BCUT2D eigenvalue weighted by Gasteiger charge is 2.24. The van der Waals surface area contributed by atoms with Crippen molar-refractivity contribution >= 4 is 34.5 Å². The number of hydrogen-bond acceptors (Lipinski definition) is 9. The fourth-order valence-corrected chi connectivity index (χ4v) is 4.77. The zero-order chi connectivity index (χ0) is 25.2. The number of morpholine rings is 1. The average molecular weight is 504 g/mol. The van der Waals surface area contributed by atoms with Gasteiger partial charge in [0.05, 0.1) is 36.5 Å². The van der Waals surface area contributed by atoms with Crippen LogP contribution in [0.1, 0.15) is 24.6 Å². The van der Waals surface area contributed by atoms with Crippen LogP contribution in [0.25, 0.3) is 22.4 Å². The Kier molecular flexibility index (Phi) is 6.41. The number of fused-ring (bicyclic) bond motifs is 1. The maximum absolute atomic E-state index is 12.3. The first kappa shape index (κ1) is 23.4. The molecule has 6 rings (SSSR count). The fourth-order valence-electron chi connectivity index (χ4n) is 4.77. The molecule has 0 atom stereocenters. The molecule has 0 unspecified atom stereocenters. The van der Waals surface area contributed by atoms with Crippen LogP contribution in [0.3, 0.4) is 0 Å². The largest absolute Gasteiger partial charge is 0.378 e. The summed E-state index contributed by atoms with van der Waals surface area (Å²) in [7, 11) is 0. The molecule has 0 spiro atoms. The van der Waals surface area contributed by atoms with E-state index in [1.54, 1.807) is 13.0 Å². The summed E-state index contributed by atoms with van der Waals surface area (Å²) in [5, 5.41) is 18.3. The summed E-state index contributed by atoms with van der Waals surface area (Å²) < 4.78 is 12.7. The highest BCUT2D eigenvalue weighted by molar-refractivity contribution is 5.99. The summed E-state index contributed by atoms with van der Waals surface area (Å²) in [4.78, 5) is 24.5. The summed E-state index contributed by atoms with van der Waals surface area (Å²) in [6.45, 7) is 6.60. The van der Waals surface area contributed by atoms with Gasteiger partial charge in [-0.1, -0.05) is 5.16 Å². The summed E-state index contributed by atoms with van der Waals surface area (Å²) >= 11 is 0. The van der Waals surface area contributed by atoms with Crippen LogP contribution in [-0.4, -0.2) is 70.3 Å². The van der Waals surface area contributed by atoms with E-state index < -0.39 is 6.03 Å². The summed E-state index contributed by atoms with van der Waals surface area (Å²) in [5.74, 6) is 1.79. The van der Waals surface area contributed by atoms with Gasteiger partial charge < -0.3 is 24.8 Å². The van der Waals surface area contributed by atoms with Crippen LogP contribution < -0.4 is 20.9 Å². The molecule has 192 valence electrons. The number of hydrogen-bond donors (Lipinski definition) is 3. The van der Waals surface area contributed by atoms with E-state index in [2.05, 4.69) is 30.7 Å². The van der Waals surface area contributed by atoms with E-state index in [1.165, 1.54) is 0 Å². The molecular formula is C25H29N9O3. The highest BCUT2D eigenvalue weighted by atomic mass is 16.5. The number of amides is 2. The number of piperidine rings is 1. The quantitative estimate of drug-likeness (QED) is 0.375. The molecular weight excluding hydrogens is 474 g/mol. The van der Waals surface area contributed by atoms with Crippen molar-refractivity contribution in [3.63, 3.8) is 0 Å². The highest BCUT2D eigenvalue weighted by Crippen LogP contribution is 2.31. The summed E-state index contributed by atoms with van der Waals surface area (Å²) in [5.41, 5.74) is 3.02. The Morgan fingerprint density at radius 2 is 1.86 bits per heavy atom. The molecule has 12 heteroatoms. The van der Waals surface area contributed by atoms with Crippen molar-refractivity contribution in [3.05, 3.63) is 42.2 Å². The lowest BCUT2D eigenvalue weighted by Crippen LogP contribution is -2.37. The molecule has 3 N–H and O–H groups in total. The second-order valence-electron chi connectivity index (χ2n) is 9.27. The molecule has 0 bridgehead atoms. The Morgan fingerprint density at radius 1 is 1.08 bits per heavy atom. The van der Waals surface area contributed by atoms with Crippen LogP contribution in [0.2, 0.25) is 0 Å². The first-order valence-electron chi connectivity index (χ1n) is 12.5. The zero-order valence-corrected chi connectivity index (χ0v) is 20.6. The van der Waals surface area contributed by atoms with E-state index in [9.17, 15) is 4.79 Å². The van der Waals surface area contributed by atoms with Crippen LogP contribution in [0.5, 0.6) is 0 Å². The molecule has 5 heterocycles. The minimum Gasteiger partial charge on any atom is -0.378 e. The molecule has 2 saturated heterocycles. The standard InChI is InChI=1S/C25H29N9O3/c1-16-14-21(37-32-16)29-25(35)28-18-4-2-17(3-5-18)22-30-23(33-10-12-36-13-11-33)20-15-27-34(24(20)31-22)19-6-8-26-9-7-19/h2-5,14-15,19,26H,6-13H2,1H3,(H2,28,29,35). The fraction of sp³-hybridized carbons (Fsp3) is 0.400. The lowest BCUT2D eigenvalue weighted by Gasteiger charge is -2.28. The number of rotatable bonds is 5. The lowest BCUT2D eigenvalue weighted by molar-refractivity contribution is 0.122. The number of nitrogens with one attached hydrogen (secondary N) is 3. The zero-order valence-electron chi connectivity index (χ0n) is 20.6. The van der Waals surface area contributed by atoms with E-state index in [0.29, 0.717) is 36.5 Å². The van der Waals surface area contributed by atoms with Gasteiger partial charge in [-0.2, -0.15) is 5.10 Å². The average Bonchev–Trinajstić information content (AvgIpc) is 3.55. The van der Waals surface area contributed by atoms with E-state index >= 15 is 0 Å². The number of anilines is 3. The van der Waals surface area contributed by atoms with Crippen LogP contribution in [0, 0.1) is 6.92 Å². The third-order valence-corrected chi connectivity index (χ3v) is 6.66. The Labute approximate surface area is 213 Å². The second-order valence-corrected chi connectivity index (χ2v) is 9.27. The predicted octanol–water partition coefficient (Wildman–Crippen LogP) is 3.19. The Balaban J connectivity index is 1.29. The van der Waals surface area contributed by atoms with Crippen LogP contribution >= 0.6 is 0 Å². The maximum Gasteiger partial charge on any atom is 0.326 e. The molecule has 2 amide bonds. The molecule has 0 saturated carbocycles. The monoisotopic (exact) mass is 503 g/mol. The smallest absolute Gasteiger partial charge is 0.326 e. The van der Waals surface area contributed by atoms with Crippen molar-refractivity contribution in [2.45, 2.75) is 25.8 Å². The molecule has 2 fully saturated rings. The van der Waals surface area contributed by atoms with Gasteiger partial charge in [-0.25, -0.2) is 19.4 Å². The van der Waals surface area contributed by atoms with Crippen molar-refractivity contribution in [3.8, 4) is 11.4 Å². The number of aryl methyl sites for hydroxylation is 1. The molecule has 2 aliphatic rings. The van der Waals surface area contributed by atoms with Gasteiger partial charge >= 0.3 is 6.03 Å². The van der Waals surface area contributed by atoms with Gasteiger partial charge in [0, 0.05) is 30.4 Å². The van der Waals surface area contributed by atoms with Crippen molar-refractivity contribution in [1.82, 2.24) is 30.2 Å². The molecule has 0 aliphatic carbocycles. The molecule has 3 aromatic heterocycles. The van der Waals surface area contributed by atoms with E-state index in [0.717, 1.165) is 61.4 Å². The number of nitrogens with zero attached hydrogens (tertiary/aromatic N) is 6. The van der Waals surface area contributed by atoms with Crippen molar-refractivity contribution in [2.75, 3.05) is 54.9 Å². The number of carbonyl (C=O) groups excluding carboxylic acids is 1. The van der Waals surface area contributed by atoms with E-state index in [4.69, 9.17) is 24.3 Å². The van der Waals surface area contributed by atoms with Gasteiger partial charge in [0.1, 0.15) is 5.82 Å². The first-order chi connectivity index (χ1) is 18.1. The number of ether oxygens (including phenoxy) is 1. The summed E-state index contributed by atoms with van der Waals surface area (Å²) in [6, 6.07) is 9.00. The van der Waals surface area contributed by atoms with Crippen LogP contribution in [0.4, 0.5) is 22.2 Å². The number of benzene rings is 1. The van der Waals surface area contributed by atoms with Gasteiger partial charge in [-0.3, -0.25) is 5.32 Å². The second kappa shape index (κ2) is 10.1. The maximum atomic E-state index is 12.3. The summed E-state index contributed by atoms with van der Waals surface area (Å²) in [6.07, 6.45) is 3.92. The van der Waals surface area contributed by atoms with E-state index in [1.807, 2.05) is 30.5 Å². The lowest BCUT2D eigenvalue weighted by atomic mass is 10.1. The van der Waals surface area contributed by atoms with Gasteiger partial charge in [0.2, 0.25) is 5.88 Å². The Morgan fingerprint density at radius 3 is 2.59 bits per heavy atom. The van der Waals surface area contributed by atoms with Crippen LogP contribution in [0.15, 0.2) is 41.1 Å². The molecule has 37 heavy (non-hydrogen) atoms. The van der Waals surface area contributed by atoms with E-state index in [-0.39, 0.29) is 5.88 Å². The predicted molar refractivity (Wildman–Crippen MR) is 139 cm³/mol. The Hall–Kier alpha value is -4.03. The third-order valence-electron chi connectivity index (χ3n) is 6.66. The topological polar surface area (TPSA) is 135 Å². The molecule has 2 aliphatic heterocycles. The van der Waals surface area contributed by atoms with Crippen molar-refractivity contribution < 1.29 is 14.1 Å². The van der Waals surface area contributed by atoms with Gasteiger partial charge in [-0.15, -0.1) is 0 Å². The third kappa shape index (κ3) is 4.98. The minimum atomic E-state index is -0.415. The van der Waals surface area contributed by atoms with Gasteiger partial charge in [0.15, 0.2) is 11.5 Å². The number of carbonyl (C=O) groups is 1.